The molecule has 0 spiro atoms. The van der Waals surface area contributed by atoms with E-state index in [4.69, 9.17) is 16.3 Å². The predicted molar refractivity (Wildman–Crippen MR) is 129 cm³/mol. The number of benzene rings is 2. The Hall–Kier alpha value is -2.77. The van der Waals surface area contributed by atoms with Crippen molar-refractivity contribution in [3.05, 3.63) is 76.6 Å². The molecule has 1 aliphatic heterocycles. The lowest BCUT2D eigenvalue weighted by Crippen LogP contribution is -2.49. The van der Waals surface area contributed by atoms with Gasteiger partial charge in [-0.1, -0.05) is 53.2 Å². The zero-order valence-corrected chi connectivity index (χ0v) is 19.7. The van der Waals surface area contributed by atoms with E-state index in [9.17, 15) is 4.79 Å². The average Bonchev–Trinajstić information content (AvgIpc) is 2.84. The van der Waals surface area contributed by atoms with Gasteiger partial charge in [0.05, 0.1) is 18.3 Å². The smallest absolute Gasteiger partial charge is 0.274 e. The molecule has 1 saturated heterocycles. The summed E-state index contributed by atoms with van der Waals surface area (Å²) >= 11 is 7.79. The zero-order valence-electron chi connectivity index (χ0n) is 18.1. The molecule has 0 unspecified atom stereocenters. The van der Waals surface area contributed by atoms with Crippen LogP contribution in [0.1, 0.15) is 21.6 Å². The van der Waals surface area contributed by atoms with Gasteiger partial charge in [0.2, 0.25) is 0 Å². The van der Waals surface area contributed by atoms with Crippen molar-refractivity contribution in [1.82, 2.24) is 14.9 Å². The molecule has 1 aliphatic rings. The number of nitrogens with zero attached hydrogens (tertiary/aromatic N) is 4. The van der Waals surface area contributed by atoms with Crippen molar-refractivity contribution in [1.29, 1.82) is 0 Å². The first kappa shape index (κ1) is 22.4. The SMILES string of the molecule is COc1ccc(N2CCN(C(=O)c3nc(SCc4ccc(C)cc4)ncc3Cl)CC2)cc1. The first-order valence-electron chi connectivity index (χ1n) is 10.4. The van der Waals surface area contributed by atoms with Crippen LogP contribution in [0.25, 0.3) is 0 Å². The third-order valence-electron chi connectivity index (χ3n) is 5.42. The van der Waals surface area contributed by atoms with Crippen molar-refractivity contribution < 1.29 is 9.53 Å². The normalized spacial score (nSPS) is 13.8. The van der Waals surface area contributed by atoms with Gasteiger partial charge in [-0.15, -0.1) is 0 Å². The molecule has 166 valence electrons. The molecular weight excluding hydrogens is 444 g/mol. The Morgan fingerprint density at radius 2 is 1.75 bits per heavy atom. The summed E-state index contributed by atoms with van der Waals surface area (Å²) in [6.45, 7) is 4.77. The summed E-state index contributed by atoms with van der Waals surface area (Å²) in [6.07, 6.45) is 1.52. The number of hydrogen-bond donors (Lipinski definition) is 0. The Kier molecular flexibility index (Phi) is 7.17. The van der Waals surface area contributed by atoms with Crippen LogP contribution in [0.2, 0.25) is 5.02 Å². The summed E-state index contributed by atoms with van der Waals surface area (Å²) < 4.78 is 5.22. The van der Waals surface area contributed by atoms with Gasteiger partial charge in [0.15, 0.2) is 10.9 Å². The fourth-order valence-electron chi connectivity index (χ4n) is 3.51. The van der Waals surface area contributed by atoms with Gasteiger partial charge in [0.1, 0.15) is 5.75 Å². The summed E-state index contributed by atoms with van der Waals surface area (Å²) in [5, 5.41) is 0.836. The van der Waals surface area contributed by atoms with Gasteiger partial charge >= 0.3 is 0 Å². The van der Waals surface area contributed by atoms with Crippen LogP contribution in [0.5, 0.6) is 5.75 Å². The standard InChI is InChI=1S/C24H25ClN4O2S/c1-17-3-5-18(6-4-17)16-32-24-26-15-21(25)22(27-24)23(30)29-13-11-28(12-14-29)19-7-9-20(31-2)10-8-19/h3-10,15H,11-14,16H2,1-2H3. The van der Waals surface area contributed by atoms with Crippen LogP contribution in [0.4, 0.5) is 5.69 Å². The number of rotatable bonds is 6. The van der Waals surface area contributed by atoms with E-state index in [0.29, 0.717) is 18.2 Å². The summed E-state index contributed by atoms with van der Waals surface area (Å²) in [4.78, 5) is 26.0. The third-order valence-corrected chi connectivity index (χ3v) is 6.63. The third kappa shape index (κ3) is 5.34. The molecule has 32 heavy (non-hydrogen) atoms. The highest BCUT2D eigenvalue weighted by Gasteiger charge is 2.25. The van der Waals surface area contributed by atoms with Crippen LogP contribution in [0.15, 0.2) is 59.9 Å². The maximum absolute atomic E-state index is 13.1. The molecule has 0 radical (unpaired) electrons. The Morgan fingerprint density at radius 1 is 1.06 bits per heavy atom. The van der Waals surface area contributed by atoms with Crippen LogP contribution < -0.4 is 9.64 Å². The minimum Gasteiger partial charge on any atom is -0.497 e. The number of halogens is 1. The molecule has 2 heterocycles. The Bertz CT molecular complexity index is 1070. The van der Waals surface area contributed by atoms with Gasteiger partial charge in [-0.2, -0.15) is 0 Å². The number of aryl methyl sites for hydroxylation is 1. The molecule has 0 N–H and O–H groups in total. The van der Waals surface area contributed by atoms with Crippen molar-refractivity contribution in [3.8, 4) is 5.75 Å². The monoisotopic (exact) mass is 468 g/mol. The summed E-state index contributed by atoms with van der Waals surface area (Å²) in [5.74, 6) is 1.41. The maximum atomic E-state index is 13.1. The van der Waals surface area contributed by atoms with Crippen LogP contribution in [0.3, 0.4) is 0 Å². The lowest BCUT2D eigenvalue weighted by Gasteiger charge is -2.36. The number of carbonyl (C=O) groups is 1. The van der Waals surface area contributed by atoms with Crippen LogP contribution in [-0.4, -0.2) is 54.1 Å². The average molecular weight is 469 g/mol. The Morgan fingerprint density at radius 3 is 2.41 bits per heavy atom. The summed E-state index contributed by atoms with van der Waals surface area (Å²) in [5.41, 5.74) is 3.79. The highest BCUT2D eigenvalue weighted by molar-refractivity contribution is 7.98. The zero-order chi connectivity index (χ0) is 22.5. The number of methoxy groups -OCH3 is 1. The van der Waals surface area contributed by atoms with E-state index in [1.807, 2.05) is 29.2 Å². The molecule has 3 aromatic rings. The van der Waals surface area contributed by atoms with Crippen LogP contribution in [-0.2, 0) is 5.75 Å². The number of aromatic nitrogens is 2. The molecular formula is C24H25ClN4O2S. The van der Waals surface area contributed by atoms with Gasteiger partial charge in [0, 0.05) is 37.6 Å². The van der Waals surface area contributed by atoms with Crippen molar-refractivity contribution in [2.45, 2.75) is 17.8 Å². The molecule has 0 atom stereocenters. The first-order valence-corrected chi connectivity index (χ1v) is 11.8. The molecule has 1 aromatic heterocycles. The van der Waals surface area contributed by atoms with E-state index in [2.05, 4.69) is 46.1 Å². The number of carbonyl (C=O) groups excluding carboxylic acids is 1. The number of amides is 1. The van der Waals surface area contributed by atoms with Gasteiger partial charge < -0.3 is 14.5 Å². The number of thioether (sulfide) groups is 1. The topological polar surface area (TPSA) is 58.6 Å². The minimum absolute atomic E-state index is 0.149. The second-order valence-corrected chi connectivity index (χ2v) is 8.95. The molecule has 6 nitrogen and oxygen atoms in total. The molecule has 4 rings (SSSR count). The largest absolute Gasteiger partial charge is 0.497 e. The molecule has 2 aromatic carbocycles. The number of hydrogen-bond acceptors (Lipinski definition) is 6. The molecule has 1 fully saturated rings. The Balaban J connectivity index is 1.38. The fourth-order valence-corrected chi connectivity index (χ4v) is 4.46. The van der Waals surface area contributed by atoms with Crippen molar-refractivity contribution in [3.63, 3.8) is 0 Å². The van der Waals surface area contributed by atoms with E-state index in [1.165, 1.54) is 29.1 Å². The van der Waals surface area contributed by atoms with Gasteiger partial charge in [-0.3, -0.25) is 4.79 Å². The molecule has 1 amide bonds. The first-order chi connectivity index (χ1) is 15.5. The molecule has 0 aliphatic carbocycles. The van der Waals surface area contributed by atoms with E-state index in [-0.39, 0.29) is 16.6 Å². The predicted octanol–water partition coefficient (Wildman–Crippen LogP) is 4.70. The molecule has 0 saturated carbocycles. The highest BCUT2D eigenvalue weighted by atomic mass is 35.5. The van der Waals surface area contributed by atoms with Crippen molar-refractivity contribution in [2.75, 3.05) is 38.2 Å². The highest BCUT2D eigenvalue weighted by Crippen LogP contribution is 2.24. The number of ether oxygens (including phenoxy) is 1. The second kappa shape index (κ2) is 10.2. The quantitative estimate of drug-likeness (QED) is 0.386. The summed E-state index contributed by atoms with van der Waals surface area (Å²) in [6, 6.07) is 16.3. The summed E-state index contributed by atoms with van der Waals surface area (Å²) in [7, 11) is 1.66. The van der Waals surface area contributed by atoms with Gasteiger partial charge in [0.25, 0.3) is 5.91 Å². The van der Waals surface area contributed by atoms with Crippen LogP contribution in [0, 0.1) is 6.92 Å². The lowest BCUT2D eigenvalue weighted by atomic mass is 10.2. The second-order valence-electron chi connectivity index (χ2n) is 7.60. The lowest BCUT2D eigenvalue weighted by molar-refractivity contribution is 0.0740. The van der Waals surface area contributed by atoms with Gasteiger partial charge in [-0.05, 0) is 36.8 Å². The fraction of sp³-hybridized carbons (Fsp3) is 0.292. The minimum atomic E-state index is -0.149. The maximum Gasteiger partial charge on any atom is 0.274 e. The van der Waals surface area contributed by atoms with E-state index in [0.717, 1.165) is 30.3 Å². The Labute approximate surface area is 197 Å². The number of anilines is 1. The van der Waals surface area contributed by atoms with Crippen molar-refractivity contribution >= 4 is 35.0 Å². The van der Waals surface area contributed by atoms with E-state index >= 15 is 0 Å². The van der Waals surface area contributed by atoms with E-state index in [1.54, 1.807) is 7.11 Å². The van der Waals surface area contributed by atoms with Crippen LogP contribution >= 0.6 is 23.4 Å². The number of piperazine rings is 1. The molecule has 0 bridgehead atoms. The molecule has 8 heteroatoms. The van der Waals surface area contributed by atoms with Gasteiger partial charge in [-0.25, -0.2) is 9.97 Å². The van der Waals surface area contributed by atoms with Crippen molar-refractivity contribution in [2.24, 2.45) is 0 Å². The van der Waals surface area contributed by atoms with E-state index < -0.39 is 0 Å².